The minimum absolute atomic E-state index is 0.975. The van der Waals surface area contributed by atoms with Crippen LogP contribution >= 0.6 is 0 Å². The van der Waals surface area contributed by atoms with Gasteiger partial charge in [-0.1, -0.05) is 51.1 Å². The van der Waals surface area contributed by atoms with E-state index in [0.717, 1.165) is 22.5 Å². The van der Waals surface area contributed by atoms with E-state index >= 15 is 0 Å². The van der Waals surface area contributed by atoms with Gasteiger partial charge in [-0.15, -0.1) is 0 Å². The zero-order valence-electron chi connectivity index (χ0n) is 10.0. The van der Waals surface area contributed by atoms with Gasteiger partial charge in [0.25, 0.3) is 0 Å². The Balaban J connectivity index is 3.70. The van der Waals surface area contributed by atoms with Crippen LogP contribution in [0.25, 0.3) is 30.5 Å². The van der Waals surface area contributed by atoms with Crippen molar-refractivity contribution in [3.8, 4) is 0 Å². The fraction of sp³-hybridized carbons (Fsp3) is 0. The number of hydrogen-bond donors (Lipinski definition) is 0. The van der Waals surface area contributed by atoms with Gasteiger partial charge in [0.15, 0.2) is 0 Å². The second-order valence-corrected chi connectivity index (χ2v) is 3.36. The fourth-order valence-electron chi connectivity index (χ4n) is 1.82. The minimum atomic E-state index is 0.975. The van der Waals surface area contributed by atoms with Crippen molar-refractivity contribution >= 4 is 30.5 Å². The van der Waals surface area contributed by atoms with Gasteiger partial charge in [0.05, 0.1) is 11.4 Å². The summed E-state index contributed by atoms with van der Waals surface area (Å²) in [5.41, 5.74) is 3.98. The molecule has 0 aliphatic heterocycles. The zero-order chi connectivity index (χ0) is 12.8. The summed E-state index contributed by atoms with van der Waals surface area (Å²) >= 11 is 0. The summed E-state index contributed by atoms with van der Waals surface area (Å²) < 4.78 is 2.00. The number of nitrogens with zero attached hydrogens (tertiary/aromatic N) is 1. The van der Waals surface area contributed by atoms with E-state index in [1.165, 1.54) is 0 Å². The molecule has 0 aliphatic rings. The van der Waals surface area contributed by atoms with Crippen LogP contribution in [0.1, 0.15) is 22.5 Å². The predicted octanol–water partition coefficient (Wildman–Crippen LogP) is 4.72. The van der Waals surface area contributed by atoms with Crippen molar-refractivity contribution in [3.63, 3.8) is 0 Å². The molecule has 0 unspecified atom stereocenters. The molecular weight excluding hydrogens is 206 g/mol. The second kappa shape index (κ2) is 5.71. The number of hydrogen-bond acceptors (Lipinski definition) is 0. The van der Waals surface area contributed by atoms with Crippen molar-refractivity contribution in [2.75, 3.05) is 0 Å². The molecule has 1 aromatic heterocycles. The third kappa shape index (κ3) is 2.13. The molecule has 0 N–H and O–H groups in total. The first-order chi connectivity index (χ1) is 8.24. The lowest BCUT2D eigenvalue weighted by molar-refractivity contribution is 1.13. The molecular formula is C16H17N. The van der Waals surface area contributed by atoms with Crippen molar-refractivity contribution in [1.82, 2.24) is 4.57 Å². The first-order valence-electron chi connectivity index (χ1n) is 5.32. The molecule has 1 rings (SSSR count). The predicted molar refractivity (Wildman–Crippen MR) is 80.3 cm³/mol. The van der Waals surface area contributed by atoms with Crippen molar-refractivity contribution in [1.29, 1.82) is 0 Å². The number of aromatic nitrogens is 1. The molecule has 1 heterocycles. The van der Waals surface area contributed by atoms with E-state index in [9.17, 15) is 0 Å². The molecule has 0 bridgehead atoms. The maximum absolute atomic E-state index is 3.83. The van der Waals surface area contributed by atoms with Crippen LogP contribution in [0.2, 0.25) is 0 Å². The van der Waals surface area contributed by atoms with Crippen molar-refractivity contribution in [2.24, 2.45) is 0 Å². The Hall–Kier alpha value is -2.28. The van der Waals surface area contributed by atoms with E-state index in [-0.39, 0.29) is 0 Å². The fourth-order valence-corrected chi connectivity index (χ4v) is 1.82. The van der Waals surface area contributed by atoms with Crippen LogP contribution < -0.4 is 0 Å². The van der Waals surface area contributed by atoms with E-state index < -0.39 is 0 Å². The summed E-state index contributed by atoms with van der Waals surface area (Å²) in [4.78, 5) is 0. The number of allylic oxidation sites excluding steroid dienone is 2. The molecule has 0 amide bonds. The molecule has 0 saturated carbocycles. The Kier molecular flexibility index (Phi) is 4.29. The third-order valence-electron chi connectivity index (χ3n) is 2.53. The lowest BCUT2D eigenvalue weighted by Crippen LogP contribution is -1.92. The number of rotatable bonds is 6. The smallest absolute Gasteiger partial charge is 0.0528 e. The maximum Gasteiger partial charge on any atom is 0.0528 e. The van der Waals surface area contributed by atoms with Crippen LogP contribution in [0.15, 0.2) is 45.0 Å². The molecule has 1 heteroatoms. The molecule has 0 atom stereocenters. The van der Waals surface area contributed by atoms with Gasteiger partial charge in [-0.3, -0.25) is 0 Å². The normalized spacial score (nSPS) is 10.1. The van der Waals surface area contributed by atoms with Crippen LogP contribution in [0.4, 0.5) is 0 Å². The Morgan fingerprint density at radius 3 is 1.47 bits per heavy atom. The van der Waals surface area contributed by atoms with E-state index in [0.29, 0.717) is 0 Å². The molecule has 0 aromatic carbocycles. The first-order valence-corrected chi connectivity index (χ1v) is 5.32. The van der Waals surface area contributed by atoms with E-state index in [1.807, 2.05) is 16.8 Å². The van der Waals surface area contributed by atoms with Gasteiger partial charge in [0.1, 0.15) is 0 Å². The van der Waals surface area contributed by atoms with Gasteiger partial charge in [-0.05, 0) is 18.2 Å². The largest absolute Gasteiger partial charge is 0.316 e. The minimum Gasteiger partial charge on any atom is -0.316 e. The summed E-state index contributed by atoms with van der Waals surface area (Å²) in [6, 6.07) is 0. The van der Waals surface area contributed by atoms with Crippen LogP contribution in [0.3, 0.4) is 0 Å². The van der Waals surface area contributed by atoms with Crippen LogP contribution in [0, 0.1) is 0 Å². The topological polar surface area (TPSA) is 4.93 Å². The van der Waals surface area contributed by atoms with Crippen molar-refractivity contribution in [3.05, 3.63) is 67.6 Å². The average molecular weight is 223 g/mol. The van der Waals surface area contributed by atoms with Gasteiger partial charge >= 0.3 is 0 Å². The van der Waals surface area contributed by atoms with E-state index in [4.69, 9.17) is 0 Å². The third-order valence-corrected chi connectivity index (χ3v) is 2.53. The maximum atomic E-state index is 3.83. The highest BCUT2D eigenvalue weighted by Gasteiger charge is 2.13. The summed E-state index contributed by atoms with van der Waals surface area (Å²) in [6.45, 7) is 19.0. The first kappa shape index (κ1) is 12.8. The monoisotopic (exact) mass is 223 g/mol. The van der Waals surface area contributed by atoms with Gasteiger partial charge in [0.2, 0.25) is 0 Å². The zero-order valence-corrected chi connectivity index (χ0v) is 10.0. The second-order valence-electron chi connectivity index (χ2n) is 3.36. The van der Waals surface area contributed by atoms with E-state index in [1.54, 1.807) is 30.4 Å². The van der Waals surface area contributed by atoms with E-state index in [2.05, 4.69) is 32.9 Å². The molecule has 1 aromatic rings. The SMILES string of the molecule is C=C/C=C/n1c(C=C)c(C=C)c(C=C)c1C=C. The van der Waals surface area contributed by atoms with Crippen LogP contribution in [0.5, 0.6) is 0 Å². The van der Waals surface area contributed by atoms with Crippen molar-refractivity contribution in [2.45, 2.75) is 0 Å². The molecule has 1 nitrogen and oxygen atoms in total. The molecule has 86 valence electrons. The summed E-state index contributed by atoms with van der Waals surface area (Å²) in [7, 11) is 0. The quantitative estimate of drug-likeness (QED) is 0.615. The highest BCUT2D eigenvalue weighted by Crippen LogP contribution is 2.27. The highest BCUT2D eigenvalue weighted by molar-refractivity contribution is 5.79. The Labute approximate surface area is 103 Å². The van der Waals surface area contributed by atoms with Gasteiger partial charge in [0, 0.05) is 17.3 Å². The summed E-state index contributed by atoms with van der Waals surface area (Å²) in [5.74, 6) is 0. The molecule has 0 saturated heterocycles. The molecule has 0 radical (unpaired) electrons. The lowest BCUT2D eigenvalue weighted by atomic mass is 10.1. The summed E-state index contributed by atoms with van der Waals surface area (Å²) in [5, 5.41) is 0. The average Bonchev–Trinajstić information content (AvgIpc) is 2.67. The molecule has 0 aliphatic carbocycles. The highest BCUT2D eigenvalue weighted by atomic mass is 15.0. The molecule has 0 spiro atoms. The standard InChI is InChI=1S/C16H17N/c1-6-11-12-17-15(9-4)13(7-2)14(8-3)16(17)10-5/h6-12H,1-5H2/b12-11+. The molecule has 0 fully saturated rings. The lowest BCUT2D eigenvalue weighted by Gasteiger charge is -2.02. The Morgan fingerprint density at radius 2 is 1.18 bits per heavy atom. The van der Waals surface area contributed by atoms with Gasteiger partial charge in [-0.25, -0.2) is 0 Å². The summed E-state index contributed by atoms with van der Waals surface area (Å²) in [6.07, 6.45) is 12.7. The van der Waals surface area contributed by atoms with Gasteiger partial charge in [-0.2, -0.15) is 0 Å². The Morgan fingerprint density at radius 1 is 0.706 bits per heavy atom. The van der Waals surface area contributed by atoms with Gasteiger partial charge < -0.3 is 4.57 Å². The van der Waals surface area contributed by atoms with Crippen LogP contribution in [-0.4, -0.2) is 4.57 Å². The Bertz CT molecular complexity index is 473. The van der Waals surface area contributed by atoms with Crippen molar-refractivity contribution < 1.29 is 0 Å². The van der Waals surface area contributed by atoms with Crippen LogP contribution in [-0.2, 0) is 0 Å². The molecule has 17 heavy (non-hydrogen) atoms.